The molecule has 1 aliphatic heterocycles. The molecule has 8 heteroatoms. The first-order valence-electron chi connectivity index (χ1n) is 11.4. The number of aromatic nitrogens is 2. The Kier molecular flexibility index (Phi) is 5.63. The van der Waals surface area contributed by atoms with Gasteiger partial charge in [-0.05, 0) is 17.2 Å². The van der Waals surface area contributed by atoms with Crippen LogP contribution in [-0.2, 0) is 19.9 Å². The van der Waals surface area contributed by atoms with E-state index in [-0.39, 0.29) is 25.1 Å². The van der Waals surface area contributed by atoms with Crippen LogP contribution in [0.1, 0.15) is 24.0 Å². The van der Waals surface area contributed by atoms with Crippen molar-refractivity contribution in [3.63, 3.8) is 0 Å². The maximum atomic E-state index is 13.4. The van der Waals surface area contributed by atoms with Crippen LogP contribution >= 0.6 is 0 Å². The molecule has 2 atom stereocenters. The van der Waals surface area contributed by atoms with Gasteiger partial charge in [-0.1, -0.05) is 48.5 Å². The highest BCUT2D eigenvalue weighted by molar-refractivity contribution is 5.96. The average molecular weight is 460 g/mol. The molecule has 2 aliphatic rings. The summed E-state index contributed by atoms with van der Waals surface area (Å²) in [6.07, 6.45) is 4.71. The lowest BCUT2D eigenvalue weighted by atomic mass is 9.91. The minimum Gasteiger partial charge on any atom is -0.457 e. The van der Waals surface area contributed by atoms with Gasteiger partial charge < -0.3 is 19.6 Å². The molecule has 1 amide bonds. The number of ether oxygens (including phenoxy) is 1. The molecule has 1 aliphatic carbocycles. The Labute approximate surface area is 197 Å². The van der Waals surface area contributed by atoms with Gasteiger partial charge in [-0.25, -0.2) is 14.8 Å². The SMILES string of the molecule is C[N+]1(CC(=O)Nc2ccncn2)CCC[C@@H]1COC(=O)C1(O)c2ccccc2-c2ccccc21. The number of carbonyl (C=O) groups excluding carboxylic acids is 2. The average Bonchev–Trinajstić information content (AvgIpc) is 3.34. The Hall–Kier alpha value is -3.62. The van der Waals surface area contributed by atoms with Gasteiger partial charge in [-0.2, -0.15) is 0 Å². The van der Waals surface area contributed by atoms with E-state index in [9.17, 15) is 14.7 Å². The van der Waals surface area contributed by atoms with Crippen LogP contribution in [0.15, 0.2) is 67.1 Å². The van der Waals surface area contributed by atoms with Crippen molar-refractivity contribution in [1.82, 2.24) is 9.97 Å². The monoisotopic (exact) mass is 459 g/mol. The molecule has 2 heterocycles. The molecule has 0 spiro atoms. The fourth-order valence-electron chi connectivity index (χ4n) is 5.24. The molecule has 34 heavy (non-hydrogen) atoms. The molecule has 1 unspecified atom stereocenters. The second kappa shape index (κ2) is 8.62. The maximum Gasteiger partial charge on any atom is 0.347 e. The van der Waals surface area contributed by atoms with E-state index in [0.29, 0.717) is 21.4 Å². The quantitative estimate of drug-likeness (QED) is 0.434. The number of rotatable bonds is 6. The largest absolute Gasteiger partial charge is 0.457 e. The van der Waals surface area contributed by atoms with Gasteiger partial charge in [0, 0.05) is 30.2 Å². The minimum atomic E-state index is -1.85. The summed E-state index contributed by atoms with van der Waals surface area (Å²) < 4.78 is 6.22. The Morgan fingerprint density at radius 2 is 1.79 bits per heavy atom. The fourth-order valence-corrected chi connectivity index (χ4v) is 5.24. The number of likely N-dealkylation sites (tertiary alicyclic amines) is 1. The van der Waals surface area contributed by atoms with Gasteiger partial charge >= 0.3 is 5.97 Å². The van der Waals surface area contributed by atoms with Crippen molar-refractivity contribution in [3.8, 4) is 11.1 Å². The highest BCUT2D eigenvalue weighted by Crippen LogP contribution is 2.48. The van der Waals surface area contributed by atoms with Crippen molar-refractivity contribution < 1.29 is 23.9 Å². The molecule has 8 nitrogen and oxygen atoms in total. The van der Waals surface area contributed by atoms with Crippen LogP contribution in [-0.4, -0.2) is 64.2 Å². The zero-order valence-electron chi connectivity index (χ0n) is 19.0. The molecule has 174 valence electrons. The van der Waals surface area contributed by atoms with Crippen LogP contribution < -0.4 is 5.32 Å². The summed E-state index contributed by atoms with van der Waals surface area (Å²) in [6, 6.07) is 16.3. The van der Waals surface area contributed by atoms with Gasteiger partial charge in [-0.15, -0.1) is 0 Å². The third-order valence-electron chi connectivity index (χ3n) is 7.07. The predicted molar refractivity (Wildman–Crippen MR) is 125 cm³/mol. The summed E-state index contributed by atoms with van der Waals surface area (Å²) in [6.45, 7) is 1.17. The zero-order chi connectivity index (χ0) is 23.8. The van der Waals surface area contributed by atoms with Crippen LogP contribution in [0, 0.1) is 0 Å². The number of amides is 1. The Balaban J connectivity index is 1.30. The summed E-state index contributed by atoms with van der Waals surface area (Å²) in [5, 5.41) is 14.4. The Morgan fingerprint density at radius 3 is 2.44 bits per heavy atom. The topological polar surface area (TPSA) is 101 Å². The van der Waals surface area contributed by atoms with E-state index in [1.807, 2.05) is 43.4 Å². The second-order valence-electron chi connectivity index (χ2n) is 9.20. The normalized spacial score (nSPS) is 22.0. The number of nitrogens with zero attached hydrogens (tertiary/aromatic N) is 3. The lowest BCUT2D eigenvalue weighted by molar-refractivity contribution is -0.913. The maximum absolute atomic E-state index is 13.4. The summed E-state index contributed by atoms with van der Waals surface area (Å²) in [5.74, 6) is -0.389. The molecule has 1 aromatic heterocycles. The van der Waals surface area contributed by atoms with Crippen LogP contribution in [0.2, 0.25) is 0 Å². The molecule has 2 aromatic carbocycles. The Morgan fingerprint density at radius 1 is 1.12 bits per heavy atom. The number of hydrogen-bond acceptors (Lipinski definition) is 6. The van der Waals surface area contributed by atoms with Gasteiger partial charge in [0.25, 0.3) is 5.91 Å². The molecule has 3 aromatic rings. The lowest BCUT2D eigenvalue weighted by Crippen LogP contribution is -2.54. The molecule has 5 rings (SSSR count). The number of carbonyl (C=O) groups is 2. The first kappa shape index (κ1) is 22.2. The molecule has 0 saturated carbocycles. The van der Waals surface area contributed by atoms with E-state index in [2.05, 4.69) is 15.3 Å². The highest BCUT2D eigenvalue weighted by Gasteiger charge is 2.50. The highest BCUT2D eigenvalue weighted by atomic mass is 16.6. The number of esters is 1. The van der Waals surface area contributed by atoms with E-state index in [0.717, 1.165) is 30.5 Å². The van der Waals surface area contributed by atoms with Crippen molar-refractivity contribution in [2.24, 2.45) is 0 Å². The summed E-state index contributed by atoms with van der Waals surface area (Å²) in [4.78, 5) is 33.9. The fraction of sp³-hybridized carbons (Fsp3) is 0.308. The molecule has 1 fully saturated rings. The van der Waals surface area contributed by atoms with Gasteiger partial charge in [0.2, 0.25) is 5.60 Å². The van der Waals surface area contributed by atoms with Crippen LogP contribution in [0.3, 0.4) is 0 Å². The number of hydrogen-bond donors (Lipinski definition) is 2. The van der Waals surface area contributed by atoms with E-state index in [1.165, 1.54) is 6.33 Å². The van der Waals surface area contributed by atoms with Crippen molar-refractivity contribution >= 4 is 17.7 Å². The summed E-state index contributed by atoms with van der Waals surface area (Å²) >= 11 is 0. The zero-order valence-corrected chi connectivity index (χ0v) is 19.0. The first-order valence-corrected chi connectivity index (χ1v) is 11.4. The first-order chi connectivity index (χ1) is 16.4. The molecular weight excluding hydrogens is 432 g/mol. The predicted octanol–water partition coefficient (Wildman–Crippen LogP) is 2.48. The van der Waals surface area contributed by atoms with E-state index in [4.69, 9.17) is 4.74 Å². The van der Waals surface area contributed by atoms with Gasteiger partial charge in [0.15, 0.2) is 6.54 Å². The van der Waals surface area contributed by atoms with Gasteiger partial charge in [-0.3, -0.25) is 4.79 Å². The summed E-state index contributed by atoms with van der Waals surface area (Å²) in [7, 11) is 2.00. The van der Waals surface area contributed by atoms with Crippen molar-refractivity contribution in [3.05, 3.63) is 78.2 Å². The molecular formula is C26H27N4O4+. The number of fused-ring (bicyclic) bond motifs is 3. The van der Waals surface area contributed by atoms with E-state index in [1.54, 1.807) is 24.4 Å². The standard InChI is InChI=1S/C26H26N4O4/c1-30(15-24(31)29-23-12-13-27-17-28-23)14-6-7-18(30)16-34-25(32)26(33)21-10-4-2-8-19(21)20-9-3-5-11-22(20)26/h2-5,8-13,17-18,33H,6-7,14-16H2,1H3/p+1/t18-,30?/m1/s1. The number of quaternary nitrogens is 1. The molecule has 2 N–H and O–H groups in total. The second-order valence-corrected chi connectivity index (χ2v) is 9.20. The van der Waals surface area contributed by atoms with Crippen molar-refractivity contribution in [2.75, 3.05) is 32.1 Å². The number of benzene rings is 2. The summed E-state index contributed by atoms with van der Waals surface area (Å²) in [5.41, 5.74) is 0.892. The van der Waals surface area contributed by atoms with Gasteiger partial charge in [0.05, 0.1) is 13.6 Å². The molecule has 0 bridgehead atoms. The van der Waals surface area contributed by atoms with Crippen LogP contribution in [0.4, 0.5) is 5.82 Å². The van der Waals surface area contributed by atoms with Crippen molar-refractivity contribution in [2.45, 2.75) is 24.5 Å². The van der Waals surface area contributed by atoms with Crippen molar-refractivity contribution in [1.29, 1.82) is 0 Å². The molecule has 0 radical (unpaired) electrons. The Bertz CT molecular complexity index is 1190. The van der Waals surface area contributed by atoms with E-state index >= 15 is 0 Å². The number of likely N-dealkylation sites (N-methyl/N-ethyl adjacent to an activating group) is 1. The number of nitrogens with one attached hydrogen (secondary N) is 1. The van der Waals surface area contributed by atoms with Gasteiger partial charge in [0.1, 0.15) is 24.8 Å². The van der Waals surface area contributed by atoms with Crippen LogP contribution in [0.5, 0.6) is 0 Å². The lowest BCUT2D eigenvalue weighted by Gasteiger charge is -2.35. The third kappa shape index (κ3) is 3.74. The number of aliphatic hydroxyl groups is 1. The van der Waals surface area contributed by atoms with Crippen LogP contribution in [0.25, 0.3) is 11.1 Å². The number of anilines is 1. The third-order valence-corrected chi connectivity index (χ3v) is 7.07. The minimum absolute atomic E-state index is 0.0458. The smallest absolute Gasteiger partial charge is 0.347 e. The molecule has 1 saturated heterocycles. The van der Waals surface area contributed by atoms with E-state index < -0.39 is 11.6 Å².